The fourth-order valence-electron chi connectivity index (χ4n) is 1.36. The summed E-state index contributed by atoms with van der Waals surface area (Å²) in [5.74, 6) is -0.811. The van der Waals surface area contributed by atoms with Crippen LogP contribution >= 0.6 is 41.4 Å². The Labute approximate surface area is 153 Å². The SMILES string of the molecule is CCOP(=S)(OC(C)CC)N(NC(=O)C(Cl)(Cl)Cl)C(C)(C)C. The maximum atomic E-state index is 12.0. The van der Waals surface area contributed by atoms with Crippen molar-refractivity contribution in [1.29, 1.82) is 0 Å². The molecule has 1 amide bonds. The van der Waals surface area contributed by atoms with Crippen molar-refractivity contribution in [2.24, 2.45) is 0 Å². The molecule has 0 fully saturated rings. The van der Waals surface area contributed by atoms with Gasteiger partial charge in [0, 0.05) is 5.54 Å². The molecule has 0 aliphatic rings. The van der Waals surface area contributed by atoms with Crippen LogP contribution in [0.1, 0.15) is 48.0 Å². The molecule has 0 saturated carbocycles. The Morgan fingerprint density at radius 1 is 1.32 bits per heavy atom. The average molecular weight is 414 g/mol. The van der Waals surface area contributed by atoms with Crippen molar-refractivity contribution in [2.75, 3.05) is 6.61 Å². The lowest BCUT2D eigenvalue weighted by Crippen LogP contribution is -2.54. The van der Waals surface area contributed by atoms with Crippen molar-refractivity contribution >= 4 is 59.2 Å². The lowest BCUT2D eigenvalue weighted by atomic mass is 10.1. The van der Waals surface area contributed by atoms with Crippen LogP contribution in [0.3, 0.4) is 0 Å². The van der Waals surface area contributed by atoms with Crippen LogP contribution in [0.25, 0.3) is 0 Å². The Morgan fingerprint density at radius 3 is 2.14 bits per heavy atom. The first kappa shape index (κ1) is 22.9. The van der Waals surface area contributed by atoms with E-state index in [0.717, 1.165) is 6.42 Å². The molecule has 0 aromatic heterocycles. The van der Waals surface area contributed by atoms with Crippen LogP contribution in [0.2, 0.25) is 0 Å². The van der Waals surface area contributed by atoms with Crippen LogP contribution in [0.5, 0.6) is 0 Å². The Morgan fingerprint density at radius 2 is 1.82 bits per heavy atom. The van der Waals surface area contributed by atoms with E-state index >= 15 is 0 Å². The molecule has 10 heteroatoms. The summed E-state index contributed by atoms with van der Waals surface area (Å²) in [6.45, 7) is 8.57. The quantitative estimate of drug-likeness (QED) is 0.376. The first-order chi connectivity index (χ1) is 9.78. The van der Waals surface area contributed by atoms with E-state index in [1.54, 1.807) is 6.92 Å². The van der Waals surface area contributed by atoms with Crippen LogP contribution in [0, 0.1) is 0 Å². The molecule has 0 heterocycles. The molecule has 0 rings (SSSR count). The van der Waals surface area contributed by atoms with Crippen LogP contribution in [-0.4, -0.2) is 32.7 Å². The van der Waals surface area contributed by atoms with E-state index in [4.69, 9.17) is 55.7 Å². The average Bonchev–Trinajstić information content (AvgIpc) is 2.32. The number of hydrogen-bond donors (Lipinski definition) is 1. The normalized spacial score (nSPS) is 17.2. The van der Waals surface area contributed by atoms with Gasteiger partial charge in [0.05, 0.1) is 12.7 Å². The van der Waals surface area contributed by atoms with Gasteiger partial charge in [-0.15, -0.1) is 4.78 Å². The number of nitrogens with zero attached hydrogens (tertiary/aromatic N) is 1. The summed E-state index contributed by atoms with van der Waals surface area (Å²) in [5.41, 5.74) is 1.95. The molecule has 2 atom stereocenters. The first-order valence-electron chi connectivity index (χ1n) is 6.89. The van der Waals surface area contributed by atoms with Crippen LogP contribution < -0.4 is 5.43 Å². The number of rotatable bonds is 7. The summed E-state index contributed by atoms with van der Waals surface area (Å²) in [4.78, 5) is 12.0. The number of nitrogens with one attached hydrogen (secondary N) is 1. The second-order valence-electron chi connectivity index (χ2n) is 5.63. The summed E-state index contributed by atoms with van der Waals surface area (Å²) in [6.07, 6.45) is 0.619. The number of amides is 1. The number of hydrazine groups is 1. The van der Waals surface area contributed by atoms with Gasteiger partial charge < -0.3 is 9.05 Å². The monoisotopic (exact) mass is 412 g/mol. The molecule has 132 valence electrons. The van der Waals surface area contributed by atoms with Gasteiger partial charge in [0.15, 0.2) is 0 Å². The molecule has 1 N–H and O–H groups in total. The van der Waals surface area contributed by atoms with E-state index in [0.29, 0.717) is 6.61 Å². The predicted octanol–water partition coefficient (Wildman–Crippen LogP) is 4.56. The van der Waals surface area contributed by atoms with Gasteiger partial charge in [0.25, 0.3) is 16.3 Å². The predicted molar refractivity (Wildman–Crippen MR) is 96.8 cm³/mol. The Hall–Kier alpha value is 0.870. The van der Waals surface area contributed by atoms with Gasteiger partial charge in [-0.3, -0.25) is 10.2 Å². The molecule has 0 aromatic carbocycles. The van der Waals surface area contributed by atoms with Crippen molar-refractivity contribution in [2.45, 2.75) is 63.4 Å². The van der Waals surface area contributed by atoms with E-state index in [1.807, 2.05) is 34.6 Å². The highest BCUT2D eigenvalue weighted by molar-refractivity contribution is 8.08. The van der Waals surface area contributed by atoms with Gasteiger partial charge in [-0.2, -0.15) is 0 Å². The Bertz CT molecular complexity index is 427. The van der Waals surface area contributed by atoms with Crippen LogP contribution in [0.15, 0.2) is 0 Å². The molecular weight excluding hydrogens is 390 g/mol. The maximum Gasteiger partial charge on any atom is 0.286 e. The lowest BCUT2D eigenvalue weighted by molar-refractivity contribution is -0.125. The first-order valence-corrected chi connectivity index (χ1v) is 10.6. The lowest BCUT2D eigenvalue weighted by Gasteiger charge is -2.42. The van der Waals surface area contributed by atoms with Crippen LogP contribution in [0.4, 0.5) is 0 Å². The van der Waals surface area contributed by atoms with E-state index in [2.05, 4.69) is 5.43 Å². The second kappa shape index (κ2) is 8.82. The Kier molecular flexibility index (Phi) is 9.17. The van der Waals surface area contributed by atoms with Crippen molar-refractivity contribution < 1.29 is 13.8 Å². The molecule has 0 aromatic rings. The molecular formula is C12H24Cl3N2O3PS. The largest absolute Gasteiger partial charge is 0.317 e. The van der Waals surface area contributed by atoms with E-state index in [-0.39, 0.29) is 6.10 Å². The maximum absolute atomic E-state index is 12.0. The highest BCUT2D eigenvalue weighted by atomic mass is 35.6. The third-order valence-electron chi connectivity index (χ3n) is 2.53. The zero-order valence-corrected chi connectivity index (χ0v) is 17.6. The topological polar surface area (TPSA) is 50.8 Å². The fraction of sp³-hybridized carbons (Fsp3) is 0.917. The second-order valence-corrected chi connectivity index (χ2v) is 11.1. The van der Waals surface area contributed by atoms with Gasteiger partial charge in [-0.05, 0) is 52.8 Å². The minimum Gasteiger partial charge on any atom is -0.317 e. The number of halogens is 3. The van der Waals surface area contributed by atoms with Crippen molar-refractivity contribution in [3.05, 3.63) is 0 Å². The number of carbonyl (C=O) groups excluding carboxylic acids is 1. The summed E-state index contributed by atoms with van der Waals surface area (Å²) in [5, 5.41) is 0. The minimum absolute atomic E-state index is 0.133. The third kappa shape index (κ3) is 7.18. The molecule has 0 radical (unpaired) electrons. The number of carbonyl (C=O) groups is 1. The zero-order chi connectivity index (χ0) is 17.8. The van der Waals surface area contributed by atoms with E-state index < -0.39 is 21.9 Å². The molecule has 0 aliphatic carbocycles. The van der Waals surface area contributed by atoms with Crippen molar-refractivity contribution in [3.8, 4) is 0 Å². The molecule has 2 unspecified atom stereocenters. The summed E-state index contributed by atoms with van der Waals surface area (Å²) in [7, 11) is 0. The number of alkyl halides is 3. The van der Waals surface area contributed by atoms with E-state index in [9.17, 15) is 4.79 Å². The van der Waals surface area contributed by atoms with Crippen molar-refractivity contribution in [3.63, 3.8) is 0 Å². The van der Waals surface area contributed by atoms with Gasteiger partial charge in [-0.25, -0.2) is 0 Å². The minimum atomic E-state index is -2.99. The summed E-state index contributed by atoms with van der Waals surface area (Å²) < 4.78 is 11.0. The van der Waals surface area contributed by atoms with Gasteiger partial charge in [-0.1, -0.05) is 41.7 Å². The molecule has 0 aliphatic heterocycles. The van der Waals surface area contributed by atoms with Gasteiger partial charge >= 0.3 is 0 Å². The molecule has 0 bridgehead atoms. The zero-order valence-electron chi connectivity index (χ0n) is 13.7. The number of hydrogen-bond acceptors (Lipinski definition) is 4. The summed E-state index contributed by atoms with van der Waals surface area (Å²) >= 11 is 22.5. The molecule has 22 heavy (non-hydrogen) atoms. The molecule has 0 saturated heterocycles. The summed E-state index contributed by atoms with van der Waals surface area (Å²) in [6, 6.07) is 0. The van der Waals surface area contributed by atoms with Crippen LogP contribution in [-0.2, 0) is 25.6 Å². The highest BCUT2D eigenvalue weighted by Gasteiger charge is 2.42. The third-order valence-corrected chi connectivity index (χ3v) is 6.51. The standard InChI is InChI=1S/C12H24Cl3N2O3PS/c1-7-9(3)20-21(22,19-8-2)17(11(4,5)6)16-10(18)12(13,14)15/h9H,7-8H2,1-6H3,(H,16,18). The smallest absolute Gasteiger partial charge is 0.286 e. The van der Waals surface area contributed by atoms with Gasteiger partial charge in [0.1, 0.15) is 0 Å². The molecule has 5 nitrogen and oxygen atoms in total. The van der Waals surface area contributed by atoms with Gasteiger partial charge in [0.2, 0.25) is 0 Å². The molecule has 0 spiro atoms. The highest BCUT2D eigenvalue weighted by Crippen LogP contribution is 2.55. The fourth-order valence-corrected chi connectivity index (χ4v) is 5.25. The van der Waals surface area contributed by atoms with E-state index in [1.165, 1.54) is 4.78 Å². The Balaban J connectivity index is 5.61. The van der Waals surface area contributed by atoms with Crippen molar-refractivity contribution in [1.82, 2.24) is 10.2 Å².